The standard InChI is InChI=1S/C9H12N4S/c1-7-5-8(2)13(12-7)6-11-9-10-3-4-14-9/h3-5H,6H2,1-2H3,(H,10,11). The average Bonchev–Trinajstić information content (AvgIpc) is 2.72. The second-order valence-corrected chi connectivity index (χ2v) is 3.99. The molecular formula is C9H12N4S. The summed E-state index contributed by atoms with van der Waals surface area (Å²) >= 11 is 1.59. The van der Waals surface area contributed by atoms with Crippen LogP contribution < -0.4 is 5.32 Å². The third kappa shape index (κ3) is 1.93. The molecule has 0 spiro atoms. The van der Waals surface area contributed by atoms with Gasteiger partial charge in [-0.1, -0.05) is 0 Å². The van der Waals surface area contributed by atoms with Gasteiger partial charge in [0.15, 0.2) is 5.13 Å². The van der Waals surface area contributed by atoms with E-state index in [-0.39, 0.29) is 0 Å². The van der Waals surface area contributed by atoms with Gasteiger partial charge in [0.05, 0.1) is 5.69 Å². The lowest BCUT2D eigenvalue weighted by Crippen LogP contribution is -2.10. The third-order valence-electron chi connectivity index (χ3n) is 1.92. The fourth-order valence-corrected chi connectivity index (χ4v) is 1.81. The van der Waals surface area contributed by atoms with Crippen LogP contribution in [0, 0.1) is 13.8 Å². The second-order valence-electron chi connectivity index (χ2n) is 3.10. The van der Waals surface area contributed by atoms with Gasteiger partial charge in [-0.05, 0) is 19.9 Å². The van der Waals surface area contributed by atoms with Crippen molar-refractivity contribution in [2.75, 3.05) is 5.32 Å². The average molecular weight is 208 g/mol. The van der Waals surface area contributed by atoms with Crippen molar-refractivity contribution in [1.29, 1.82) is 0 Å². The Labute approximate surface area is 86.6 Å². The molecule has 2 rings (SSSR count). The minimum Gasteiger partial charge on any atom is -0.342 e. The number of aryl methyl sites for hydroxylation is 2. The molecule has 0 aliphatic rings. The summed E-state index contributed by atoms with van der Waals surface area (Å²) in [5.74, 6) is 0. The summed E-state index contributed by atoms with van der Waals surface area (Å²) in [6.45, 7) is 4.71. The zero-order chi connectivity index (χ0) is 9.97. The van der Waals surface area contributed by atoms with E-state index in [1.165, 1.54) is 0 Å². The van der Waals surface area contributed by atoms with Gasteiger partial charge in [0.1, 0.15) is 6.67 Å². The maximum atomic E-state index is 4.34. The van der Waals surface area contributed by atoms with Gasteiger partial charge >= 0.3 is 0 Å². The maximum Gasteiger partial charge on any atom is 0.184 e. The molecule has 2 aromatic heterocycles. The molecule has 5 heteroatoms. The van der Waals surface area contributed by atoms with E-state index in [2.05, 4.69) is 21.5 Å². The molecule has 2 heterocycles. The van der Waals surface area contributed by atoms with Gasteiger partial charge in [0.25, 0.3) is 0 Å². The van der Waals surface area contributed by atoms with Crippen molar-refractivity contribution in [3.05, 3.63) is 29.0 Å². The van der Waals surface area contributed by atoms with Crippen LogP contribution in [-0.2, 0) is 6.67 Å². The predicted octanol–water partition coefficient (Wildman–Crippen LogP) is 2.03. The Morgan fingerprint density at radius 3 is 2.93 bits per heavy atom. The van der Waals surface area contributed by atoms with Gasteiger partial charge in [-0.2, -0.15) is 5.10 Å². The van der Waals surface area contributed by atoms with Gasteiger partial charge in [-0.25, -0.2) is 4.98 Å². The summed E-state index contributed by atoms with van der Waals surface area (Å²) in [6, 6.07) is 2.06. The van der Waals surface area contributed by atoms with Gasteiger partial charge in [0.2, 0.25) is 0 Å². The lowest BCUT2D eigenvalue weighted by molar-refractivity contribution is 0.643. The van der Waals surface area contributed by atoms with E-state index in [0.717, 1.165) is 16.5 Å². The number of nitrogens with zero attached hydrogens (tertiary/aromatic N) is 3. The zero-order valence-electron chi connectivity index (χ0n) is 8.19. The van der Waals surface area contributed by atoms with Gasteiger partial charge < -0.3 is 5.32 Å². The Morgan fingerprint density at radius 1 is 1.50 bits per heavy atom. The Morgan fingerprint density at radius 2 is 2.36 bits per heavy atom. The van der Waals surface area contributed by atoms with Crippen LogP contribution in [0.15, 0.2) is 17.6 Å². The lowest BCUT2D eigenvalue weighted by atomic mass is 10.4. The van der Waals surface area contributed by atoms with E-state index in [4.69, 9.17) is 0 Å². The molecule has 0 saturated heterocycles. The molecule has 0 aliphatic carbocycles. The van der Waals surface area contributed by atoms with E-state index >= 15 is 0 Å². The van der Waals surface area contributed by atoms with Crippen LogP contribution >= 0.6 is 11.3 Å². The minimum atomic E-state index is 0.674. The molecule has 2 aromatic rings. The highest BCUT2D eigenvalue weighted by molar-refractivity contribution is 7.13. The Balaban J connectivity index is 2.01. The van der Waals surface area contributed by atoms with Crippen LogP contribution in [0.2, 0.25) is 0 Å². The number of hydrogen-bond acceptors (Lipinski definition) is 4. The topological polar surface area (TPSA) is 42.7 Å². The molecule has 0 atom stereocenters. The first-order valence-electron chi connectivity index (χ1n) is 4.40. The summed E-state index contributed by atoms with van der Waals surface area (Å²) in [5, 5.41) is 10.4. The van der Waals surface area contributed by atoms with Crippen LogP contribution in [0.1, 0.15) is 11.4 Å². The molecule has 0 fully saturated rings. The maximum absolute atomic E-state index is 4.34. The van der Waals surface area contributed by atoms with Gasteiger partial charge in [-0.3, -0.25) is 4.68 Å². The number of hydrogen-bond donors (Lipinski definition) is 1. The highest BCUT2D eigenvalue weighted by Crippen LogP contribution is 2.10. The van der Waals surface area contributed by atoms with Crippen molar-refractivity contribution >= 4 is 16.5 Å². The molecule has 1 N–H and O–H groups in total. The molecule has 0 saturated carbocycles. The number of thiazole rings is 1. The van der Waals surface area contributed by atoms with Crippen LogP contribution in [0.4, 0.5) is 5.13 Å². The van der Waals surface area contributed by atoms with E-state index in [1.807, 2.05) is 23.9 Å². The third-order valence-corrected chi connectivity index (χ3v) is 2.65. The molecule has 14 heavy (non-hydrogen) atoms. The van der Waals surface area contributed by atoms with Crippen LogP contribution in [0.25, 0.3) is 0 Å². The first-order chi connectivity index (χ1) is 6.75. The largest absolute Gasteiger partial charge is 0.342 e. The molecule has 0 radical (unpaired) electrons. The number of aromatic nitrogens is 3. The van der Waals surface area contributed by atoms with E-state index < -0.39 is 0 Å². The molecule has 74 valence electrons. The molecule has 0 aromatic carbocycles. The quantitative estimate of drug-likeness (QED) is 0.839. The molecule has 4 nitrogen and oxygen atoms in total. The Kier molecular flexibility index (Phi) is 2.49. The molecule has 0 amide bonds. The van der Waals surface area contributed by atoms with E-state index in [1.54, 1.807) is 17.5 Å². The number of rotatable bonds is 3. The summed E-state index contributed by atoms with van der Waals surface area (Å²) in [6.07, 6.45) is 1.79. The normalized spacial score (nSPS) is 10.4. The van der Waals surface area contributed by atoms with Crippen molar-refractivity contribution in [3.63, 3.8) is 0 Å². The van der Waals surface area contributed by atoms with E-state index in [0.29, 0.717) is 6.67 Å². The fraction of sp³-hybridized carbons (Fsp3) is 0.333. The smallest absolute Gasteiger partial charge is 0.184 e. The molecule has 0 unspecified atom stereocenters. The van der Waals surface area contributed by atoms with Crippen molar-refractivity contribution in [1.82, 2.24) is 14.8 Å². The number of nitrogens with one attached hydrogen (secondary N) is 1. The second kappa shape index (κ2) is 3.79. The van der Waals surface area contributed by atoms with Crippen molar-refractivity contribution in [2.24, 2.45) is 0 Å². The van der Waals surface area contributed by atoms with Crippen LogP contribution in [-0.4, -0.2) is 14.8 Å². The van der Waals surface area contributed by atoms with Gasteiger partial charge in [-0.15, -0.1) is 11.3 Å². The van der Waals surface area contributed by atoms with E-state index in [9.17, 15) is 0 Å². The van der Waals surface area contributed by atoms with Crippen molar-refractivity contribution in [3.8, 4) is 0 Å². The minimum absolute atomic E-state index is 0.674. The first-order valence-corrected chi connectivity index (χ1v) is 5.28. The summed E-state index contributed by atoms with van der Waals surface area (Å²) in [7, 11) is 0. The van der Waals surface area contributed by atoms with Gasteiger partial charge in [0, 0.05) is 17.3 Å². The fourth-order valence-electron chi connectivity index (χ4n) is 1.29. The highest BCUT2D eigenvalue weighted by Gasteiger charge is 2.00. The predicted molar refractivity (Wildman–Crippen MR) is 57.4 cm³/mol. The lowest BCUT2D eigenvalue weighted by Gasteiger charge is -2.04. The van der Waals surface area contributed by atoms with Crippen LogP contribution in [0.5, 0.6) is 0 Å². The monoisotopic (exact) mass is 208 g/mol. The summed E-state index contributed by atoms with van der Waals surface area (Å²) < 4.78 is 1.93. The molecular weight excluding hydrogens is 196 g/mol. The Hall–Kier alpha value is -1.36. The SMILES string of the molecule is Cc1cc(C)n(CNc2nccs2)n1. The first kappa shape index (κ1) is 9.21. The Bertz CT molecular complexity index is 404. The molecule has 0 bridgehead atoms. The highest BCUT2D eigenvalue weighted by atomic mass is 32.1. The number of anilines is 1. The van der Waals surface area contributed by atoms with Crippen LogP contribution in [0.3, 0.4) is 0 Å². The van der Waals surface area contributed by atoms with Crippen molar-refractivity contribution in [2.45, 2.75) is 20.5 Å². The summed E-state index contributed by atoms with van der Waals surface area (Å²) in [4.78, 5) is 4.13. The molecule has 0 aliphatic heterocycles. The zero-order valence-corrected chi connectivity index (χ0v) is 9.01. The summed E-state index contributed by atoms with van der Waals surface area (Å²) in [5.41, 5.74) is 2.20. The van der Waals surface area contributed by atoms with Crippen molar-refractivity contribution < 1.29 is 0 Å².